The van der Waals surface area contributed by atoms with E-state index in [1.165, 1.54) is 9.75 Å². The van der Waals surface area contributed by atoms with E-state index >= 15 is 0 Å². The molecule has 1 aromatic heterocycles. The predicted molar refractivity (Wildman–Crippen MR) is 73.8 cm³/mol. The second-order valence-corrected chi connectivity index (χ2v) is 5.73. The number of thiophene rings is 1. The minimum atomic E-state index is 0. The first-order valence-electron chi connectivity index (χ1n) is 5.70. The van der Waals surface area contributed by atoms with E-state index in [0.29, 0.717) is 0 Å². The summed E-state index contributed by atoms with van der Waals surface area (Å²) in [5, 5.41) is 3.24. The number of amides is 1. The smallest absolute Gasteiger partial charge is 0.239 e. The number of likely N-dealkylation sites (N-methyl/N-ethyl adjacent to an activating group) is 1. The van der Waals surface area contributed by atoms with Crippen molar-refractivity contribution in [3.8, 4) is 0 Å². The van der Waals surface area contributed by atoms with Gasteiger partial charge in [0.1, 0.15) is 0 Å². The Morgan fingerprint density at radius 3 is 2.88 bits per heavy atom. The Hall–Kier alpha value is -0.580. The average molecular weight is 275 g/mol. The van der Waals surface area contributed by atoms with Crippen LogP contribution in [0.2, 0.25) is 0 Å². The number of hydrogen-bond donors (Lipinski definition) is 1. The van der Waals surface area contributed by atoms with Crippen LogP contribution in [0.15, 0.2) is 12.1 Å². The van der Waals surface area contributed by atoms with Gasteiger partial charge >= 0.3 is 0 Å². The number of rotatable bonds is 3. The molecule has 1 unspecified atom stereocenters. The number of aryl methyl sites for hydroxylation is 1. The molecule has 3 nitrogen and oxygen atoms in total. The first-order valence-corrected chi connectivity index (χ1v) is 6.52. The third-order valence-corrected chi connectivity index (χ3v) is 3.91. The standard InChI is InChI=1S/C12H18N2OS.ClH/c1-9-5-6-10(16-9)8-14(2)12(15)11-4-3-7-13-11;/h5-6,11,13H,3-4,7-8H2,1-2H3;1H. The summed E-state index contributed by atoms with van der Waals surface area (Å²) in [6.45, 7) is 3.80. The van der Waals surface area contributed by atoms with Crippen molar-refractivity contribution in [3.05, 3.63) is 21.9 Å². The van der Waals surface area contributed by atoms with Crippen molar-refractivity contribution in [2.24, 2.45) is 0 Å². The molecule has 0 spiro atoms. The SMILES string of the molecule is Cc1ccc(CN(C)C(=O)C2CCCN2)s1.Cl. The minimum absolute atomic E-state index is 0. The van der Waals surface area contributed by atoms with Gasteiger partial charge in [0.25, 0.3) is 0 Å². The van der Waals surface area contributed by atoms with Crippen LogP contribution in [0.5, 0.6) is 0 Å². The highest BCUT2D eigenvalue weighted by Crippen LogP contribution is 2.17. The molecule has 2 heterocycles. The van der Waals surface area contributed by atoms with Gasteiger partial charge in [0.15, 0.2) is 0 Å². The molecule has 1 N–H and O–H groups in total. The van der Waals surface area contributed by atoms with Gasteiger partial charge in [-0.1, -0.05) is 0 Å². The van der Waals surface area contributed by atoms with Crippen molar-refractivity contribution in [2.75, 3.05) is 13.6 Å². The van der Waals surface area contributed by atoms with Crippen molar-refractivity contribution in [1.29, 1.82) is 0 Å². The Kier molecular flexibility index (Phi) is 5.43. The molecule has 0 aliphatic carbocycles. The molecule has 0 aromatic carbocycles. The van der Waals surface area contributed by atoms with Gasteiger partial charge in [0, 0.05) is 16.8 Å². The molecule has 96 valence electrons. The topological polar surface area (TPSA) is 32.3 Å². The van der Waals surface area contributed by atoms with E-state index in [1.807, 2.05) is 11.9 Å². The van der Waals surface area contributed by atoms with Crippen molar-refractivity contribution in [3.63, 3.8) is 0 Å². The molecule has 1 aromatic rings. The highest BCUT2D eigenvalue weighted by molar-refractivity contribution is 7.11. The fourth-order valence-corrected chi connectivity index (χ4v) is 2.99. The molecule has 1 fully saturated rings. The number of hydrogen-bond acceptors (Lipinski definition) is 3. The van der Waals surface area contributed by atoms with E-state index in [0.717, 1.165) is 25.9 Å². The van der Waals surface area contributed by atoms with Crippen molar-refractivity contribution in [2.45, 2.75) is 32.4 Å². The Bertz CT molecular complexity index is 374. The highest BCUT2D eigenvalue weighted by atomic mass is 35.5. The Labute approximate surface area is 113 Å². The lowest BCUT2D eigenvalue weighted by molar-refractivity contribution is -0.132. The van der Waals surface area contributed by atoms with Crippen LogP contribution in [-0.4, -0.2) is 30.4 Å². The summed E-state index contributed by atoms with van der Waals surface area (Å²) in [4.78, 5) is 16.4. The van der Waals surface area contributed by atoms with Gasteiger partial charge < -0.3 is 10.2 Å². The Balaban J connectivity index is 0.00000144. The molecule has 0 bridgehead atoms. The zero-order valence-electron chi connectivity index (χ0n) is 10.2. The molecule has 1 aliphatic rings. The summed E-state index contributed by atoms with van der Waals surface area (Å²) >= 11 is 1.76. The summed E-state index contributed by atoms with van der Waals surface area (Å²) in [6, 6.07) is 4.25. The van der Waals surface area contributed by atoms with Gasteiger partial charge in [0.2, 0.25) is 5.91 Å². The number of nitrogens with one attached hydrogen (secondary N) is 1. The van der Waals surface area contributed by atoms with Crippen LogP contribution in [0.1, 0.15) is 22.6 Å². The van der Waals surface area contributed by atoms with Gasteiger partial charge in [-0.15, -0.1) is 23.7 Å². The monoisotopic (exact) mass is 274 g/mol. The van der Waals surface area contributed by atoms with Gasteiger partial charge in [0.05, 0.1) is 12.6 Å². The lowest BCUT2D eigenvalue weighted by Gasteiger charge is -2.20. The van der Waals surface area contributed by atoms with E-state index < -0.39 is 0 Å². The molecular formula is C12H19ClN2OS. The molecule has 1 saturated heterocycles. The Morgan fingerprint density at radius 1 is 1.59 bits per heavy atom. The quantitative estimate of drug-likeness (QED) is 0.916. The summed E-state index contributed by atoms with van der Waals surface area (Å²) in [7, 11) is 1.89. The van der Waals surface area contributed by atoms with Crippen LogP contribution >= 0.6 is 23.7 Å². The molecule has 0 radical (unpaired) electrons. The molecule has 2 rings (SSSR count). The predicted octanol–water partition coefficient (Wildman–Crippen LogP) is 2.19. The zero-order chi connectivity index (χ0) is 11.5. The minimum Gasteiger partial charge on any atom is -0.339 e. The molecule has 1 aliphatic heterocycles. The van der Waals surface area contributed by atoms with Crippen LogP contribution in [0.3, 0.4) is 0 Å². The average Bonchev–Trinajstić information content (AvgIpc) is 2.88. The van der Waals surface area contributed by atoms with Crippen LogP contribution in [0, 0.1) is 6.92 Å². The molecule has 1 amide bonds. The second-order valence-electron chi connectivity index (χ2n) is 4.36. The maximum absolute atomic E-state index is 12.0. The third-order valence-electron chi connectivity index (χ3n) is 2.92. The van der Waals surface area contributed by atoms with Crippen LogP contribution < -0.4 is 5.32 Å². The number of halogens is 1. The fraction of sp³-hybridized carbons (Fsp3) is 0.583. The van der Waals surface area contributed by atoms with E-state index in [1.54, 1.807) is 11.3 Å². The summed E-state index contributed by atoms with van der Waals surface area (Å²) in [5.74, 6) is 0.226. The number of carbonyl (C=O) groups excluding carboxylic acids is 1. The maximum atomic E-state index is 12.0. The molecule has 1 atom stereocenters. The van der Waals surface area contributed by atoms with Gasteiger partial charge in [-0.25, -0.2) is 0 Å². The third kappa shape index (κ3) is 3.69. The van der Waals surface area contributed by atoms with Crippen LogP contribution in [-0.2, 0) is 11.3 Å². The molecule has 5 heteroatoms. The highest BCUT2D eigenvalue weighted by Gasteiger charge is 2.24. The lowest BCUT2D eigenvalue weighted by atomic mass is 10.2. The van der Waals surface area contributed by atoms with Gasteiger partial charge in [-0.05, 0) is 38.4 Å². The molecule has 17 heavy (non-hydrogen) atoms. The second kappa shape index (κ2) is 6.38. The normalized spacial score (nSPS) is 18.8. The summed E-state index contributed by atoms with van der Waals surface area (Å²) < 4.78 is 0. The first kappa shape index (κ1) is 14.5. The van der Waals surface area contributed by atoms with Gasteiger partial charge in [-0.3, -0.25) is 4.79 Å². The van der Waals surface area contributed by atoms with Crippen LogP contribution in [0.4, 0.5) is 0 Å². The van der Waals surface area contributed by atoms with Crippen molar-refractivity contribution < 1.29 is 4.79 Å². The van der Waals surface area contributed by atoms with E-state index in [2.05, 4.69) is 24.4 Å². The lowest BCUT2D eigenvalue weighted by Crippen LogP contribution is -2.41. The summed E-state index contributed by atoms with van der Waals surface area (Å²) in [5.41, 5.74) is 0. The first-order chi connectivity index (χ1) is 7.66. The summed E-state index contributed by atoms with van der Waals surface area (Å²) in [6.07, 6.45) is 2.09. The number of carbonyl (C=O) groups is 1. The number of nitrogens with zero attached hydrogens (tertiary/aromatic N) is 1. The molecule has 0 saturated carbocycles. The largest absolute Gasteiger partial charge is 0.339 e. The van der Waals surface area contributed by atoms with E-state index in [4.69, 9.17) is 0 Å². The zero-order valence-corrected chi connectivity index (χ0v) is 11.9. The fourth-order valence-electron chi connectivity index (χ4n) is 2.04. The Morgan fingerprint density at radius 2 is 2.35 bits per heavy atom. The van der Waals surface area contributed by atoms with E-state index in [9.17, 15) is 4.79 Å². The van der Waals surface area contributed by atoms with E-state index in [-0.39, 0.29) is 24.4 Å². The maximum Gasteiger partial charge on any atom is 0.239 e. The van der Waals surface area contributed by atoms with Crippen molar-refractivity contribution in [1.82, 2.24) is 10.2 Å². The van der Waals surface area contributed by atoms with Gasteiger partial charge in [-0.2, -0.15) is 0 Å². The molecular weight excluding hydrogens is 256 g/mol. The van der Waals surface area contributed by atoms with Crippen LogP contribution in [0.25, 0.3) is 0 Å². The van der Waals surface area contributed by atoms with Crippen molar-refractivity contribution >= 4 is 29.7 Å².